The predicted octanol–water partition coefficient (Wildman–Crippen LogP) is 1.85. The van der Waals surface area contributed by atoms with E-state index in [9.17, 15) is 14.7 Å². The average molecular weight is 411 g/mol. The number of carbonyl (C=O) groups excluding carboxylic acids is 2. The van der Waals surface area contributed by atoms with Gasteiger partial charge >= 0.3 is 5.97 Å². The summed E-state index contributed by atoms with van der Waals surface area (Å²) in [5.41, 5.74) is 6.15. The van der Waals surface area contributed by atoms with Gasteiger partial charge in [0.05, 0.1) is 7.11 Å². The second kappa shape index (κ2) is 10.8. The molecule has 6 nitrogen and oxygen atoms in total. The molecule has 160 valence electrons. The van der Waals surface area contributed by atoms with E-state index in [1.54, 1.807) is 38.1 Å². The van der Waals surface area contributed by atoms with Crippen LogP contribution in [-0.2, 0) is 9.53 Å². The van der Waals surface area contributed by atoms with Crippen molar-refractivity contribution in [1.29, 1.82) is 0 Å². The molecule has 1 aliphatic rings. The lowest BCUT2D eigenvalue weighted by molar-refractivity contribution is -0.144. The topological polar surface area (TPSA) is 102 Å². The first-order valence-electron chi connectivity index (χ1n) is 10.1. The third kappa shape index (κ3) is 6.91. The minimum atomic E-state index is -0.968. The largest absolute Gasteiger partial charge is 0.467 e. The summed E-state index contributed by atoms with van der Waals surface area (Å²) in [4.78, 5) is 24.4. The molecule has 0 aliphatic heterocycles. The fourth-order valence-electron chi connectivity index (χ4n) is 3.32. The lowest BCUT2D eigenvalue weighted by Crippen LogP contribution is -2.59. The fourth-order valence-corrected chi connectivity index (χ4v) is 3.32. The quantitative estimate of drug-likeness (QED) is 0.508. The van der Waals surface area contributed by atoms with Crippen molar-refractivity contribution < 1.29 is 19.4 Å². The van der Waals surface area contributed by atoms with Gasteiger partial charge in [-0.15, -0.1) is 0 Å². The van der Waals surface area contributed by atoms with Crippen LogP contribution in [0.5, 0.6) is 0 Å². The molecule has 0 aromatic heterocycles. The van der Waals surface area contributed by atoms with Crippen LogP contribution in [0.1, 0.15) is 55.5 Å². The van der Waals surface area contributed by atoms with Crippen LogP contribution in [0.3, 0.4) is 0 Å². The summed E-state index contributed by atoms with van der Waals surface area (Å²) < 4.78 is 4.73. The maximum absolute atomic E-state index is 12.5. The zero-order chi connectivity index (χ0) is 22.1. The third-order valence-electron chi connectivity index (χ3n) is 5.25. The minimum absolute atomic E-state index is 0.265. The molecule has 0 bridgehead atoms. The molecule has 1 atom stereocenters. The molecule has 1 unspecified atom stereocenters. The molecule has 6 heteroatoms. The number of aliphatic hydroxyl groups excluding tert-OH is 1. The van der Waals surface area contributed by atoms with Gasteiger partial charge in [0.1, 0.15) is 6.04 Å². The number of benzene rings is 1. The molecule has 1 aromatic rings. The van der Waals surface area contributed by atoms with Crippen LogP contribution in [-0.4, -0.2) is 42.3 Å². The van der Waals surface area contributed by atoms with Crippen LogP contribution < -0.4 is 11.1 Å². The monoisotopic (exact) mass is 410 g/mol. The van der Waals surface area contributed by atoms with Crippen LogP contribution in [0.2, 0.25) is 0 Å². The molecule has 0 spiro atoms. The van der Waals surface area contributed by atoms with Gasteiger partial charge in [-0.3, -0.25) is 4.79 Å². The fraction of sp³-hybridized carbons (Fsp3) is 0.500. The van der Waals surface area contributed by atoms with E-state index in [2.05, 4.69) is 29.0 Å². The average Bonchev–Trinajstić information content (AvgIpc) is 2.74. The van der Waals surface area contributed by atoms with E-state index in [1.807, 2.05) is 0 Å². The van der Waals surface area contributed by atoms with Gasteiger partial charge in [0, 0.05) is 29.2 Å². The van der Waals surface area contributed by atoms with Crippen molar-refractivity contribution in [3.63, 3.8) is 0 Å². The molecule has 0 radical (unpaired) electrons. The number of aliphatic hydroxyl groups is 1. The first-order valence-corrected chi connectivity index (χ1v) is 10.1. The summed E-state index contributed by atoms with van der Waals surface area (Å²) in [7, 11) is 1.25. The molecule has 0 saturated heterocycles. The van der Waals surface area contributed by atoms with Crippen molar-refractivity contribution in [1.82, 2.24) is 5.32 Å². The van der Waals surface area contributed by atoms with E-state index in [4.69, 9.17) is 10.5 Å². The molecular formula is C24H30N2O4. The SMILES string of the molecule is COC(=O)C(NC(=O)c1ccc(C#CC#CC2CCC(CO)CC2)cc1)C(C)(C)N. The van der Waals surface area contributed by atoms with Gasteiger partial charge in [-0.2, -0.15) is 0 Å². The summed E-state index contributed by atoms with van der Waals surface area (Å²) in [6, 6.07) is 5.78. The number of hydrogen-bond acceptors (Lipinski definition) is 5. The molecule has 1 saturated carbocycles. The van der Waals surface area contributed by atoms with E-state index in [-0.39, 0.29) is 6.61 Å². The second-order valence-corrected chi connectivity index (χ2v) is 8.25. The Morgan fingerprint density at radius 2 is 1.83 bits per heavy atom. The van der Waals surface area contributed by atoms with Crippen molar-refractivity contribution in [3.05, 3.63) is 35.4 Å². The van der Waals surface area contributed by atoms with Crippen molar-refractivity contribution >= 4 is 11.9 Å². The third-order valence-corrected chi connectivity index (χ3v) is 5.25. The van der Waals surface area contributed by atoms with Crippen molar-refractivity contribution in [2.24, 2.45) is 17.6 Å². The van der Waals surface area contributed by atoms with Crippen LogP contribution in [0, 0.1) is 35.5 Å². The molecular weight excluding hydrogens is 380 g/mol. The Kier molecular flexibility index (Phi) is 8.47. The molecule has 1 amide bonds. The number of carbonyl (C=O) groups is 2. The van der Waals surface area contributed by atoms with Gasteiger partial charge in [-0.25, -0.2) is 4.79 Å². The normalized spacial score (nSPS) is 19.4. The molecule has 0 heterocycles. The van der Waals surface area contributed by atoms with Crippen molar-refractivity contribution in [2.75, 3.05) is 13.7 Å². The lowest BCUT2D eigenvalue weighted by atomic mass is 9.83. The number of amides is 1. The Hall–Kier alpha value is -2.80. The van der Waals surface area contributed by atoms with Gasteiger partial charge in [-0.1, -0.05) is 11.8 Å². The number of nitrogens with two attached hydrogens (primary N) is 1. The summed E-state index contributed by atoms with van der Waals surface area (Å²) in [6.07, 6.45) is 4.06. The van der Waals surface area contributed by atoms with Gasteiger partial charge in [-0.05, 0) is 81.6 Å². The standard InChI is InChI=1S/C24H30N2O4/c1-24(2,25)21(23(29)30-3)26-22(28)20-14-12-18(13-15-20)7-5-4-6-17-8-10-19(16-27)11-9-17/h12-15,17,19,21,27H,8-11,16,25H2,1-3H3,(H,26,28). The number of ether oxygens (including phenoxy) is 1. The van der Waals surface area contributed by atoms with E-state index in [0.29, 0.717) is 17.4 Å². The van der Waals surface area contributed by atoms with E-state index in [1.165, 1.54) is 7.11 Å². The Bertz CT molecular complexity index is 855. The number of esters is 1. The zero-order valence-corrected chi connectivity index (χ0v) is 17.8. The Morgan fingerprint density at radius 1 is 1.20 bits per heavy atom. The summed E-state index contributed by atoms with van der Waals surface area (Å²) in [5, 5.41) is 11.8. The molecule has 30 heavy (non-hydrogen) atoms. The molecule has 1 aromatic carbocycles. The molecule has 2 rings (SSSR count). The van der Waals surface area contributed by atoms with Gasteiger partial charge in [0.2, 0.25) is 0 Å². The highest BCUT2D eigenvalue weighted by Crippen LogP contribution is 2.27. The summed E-state index contributed by atoms with van der Waals surface area (Å²) in [6.45, 7) is 3.56. The Labute approximate surface area is 178 Å². The summed E-state index contributed by atoms with van der Waals surface area (Å²) in [5.74, 6) is 11.7. The zero-order valence-electron chi connectivity index (χ0n) is 17.8. The summed E-state index contributed by atoms with van der Waals surface area (Å²) >= 11 is 0. The molecule has 1 fully saturated rings. The van der Waals surface area contributed by atoms with Crippen LogP contribution in [0.15, 0.2) is 24.3 Å². The van der Waals surface area contributed by atoms with Gasteiger partial charge < -0.3 is 20.9 Å². The molecule has 4 N–H and O–H groups in total. The second-order valence-electron chi connectivity index (χ2n) is 8.25. The minimum Gasteiger partial charge on any atom is -0.467 e. The van der Waals surface area contributed by atoms with Gasteiger partial charge in [0.25, 0.3) is 5.91 Å². The number of rotatable bonds is 5. The highest BCUT2D eigenvalue weighted by molar-refractivity contribution is 5.97. The van der Waals surface area contributed by atoms with Crippen LogP contribution in [0.25, 0.3) is 0 Å². The Morgan fingerprint density at radius 3 is 2.37 bits per heavy atom. The van der Waals surface area contributed by atoms with Crippen LogP contribution in [0.4, 0.5) is 0 Å². The van der Waals surface area contributed by atoms with Gasteiger partial charge in [0.15, 0.2) is 0 Å². The first kappa shape index (κ1) is 23.5. The highest BCUT2D eigenvalue weighted by atomic mass is 16.5. The first-order chi connectivity index (χ1) is 14.2. The van der Waals surface area contributed by atoms with E-state index in [0.717, 1.165) is 31.2 Å². The predicted molar refractivity (Wildman–Crippen MR) is 115 cm³/mol. The number of nitrogens with one attached hydrogen (secondary N) is 1. The maximum Gasteiger partial charge on any atom is 0.330 e. The van der Waals surface area contributed by atoms with Crippen molar-refractivity contribution in [3.8, 4) is 23.7 Å². The maximum atomic E-state index is 12.5. The van der Waals surface area contributed by atoms with Crippen LogP contribution >= 0.6 is 0 Å². The highest BCUT2D eigenvalue weighted by Gasteiger charge is 2.34. The Balaban J connectivity index is 1.96. The van der Waals surface area contributed by atoms with E-state index >= 15 is 0 Å². The van der Waals surface area contributed by atoms with E-state index < -0.39 is 23.5 Å². The van der Waals surface area contributed by atoms with Crippen molar-refractivity contribution in [2.45, 2.75) is 51.1 Å². The number of methoxy groups -OCH3 is 1. The molecule has 1 aliphatic carbocycles. The smallest absolute Gasteiger partial charge is 0.330 e. The number of hydrogen-bond donors (Lipinski definition) is 3. The lowest BCUT2D eigenvalue weighted by Gasteiger charge is -2.28.